The van der Waals surface area contributed by atoms with E-state index in [1.807, 2.05) is 18.2 Å². The van der Waals surface area contributed by atoms with E-state index in [1.165, 1.54) is 5.56 Å². The molecule has 0 aliphatic rings. The van der Waals surface area contributed by atoms with Gasteiger partial charge in [-0.25, -0.2) is 0 Å². The van der Waals surface area contributed by atoms with Crippen molar-refractivity contribution >= 4 is 45.4 Å². The van der Waals surface area contributed by atoms with Crippen LogP contribution in [0.2, 0.25) is 0 Å². The van der Waals surface area contributed by atoms with Gasteiger partial charge in [-0.05, 0) is 6.92 Å². The third kappa shape index (κ3) is 18.6. The van der Waals surface area contributed by atoms with Crippen LogP contribution in [0, 0.1) is 6.92 Å². The van der Waals surface area contributed by atoms with Crippen LogP contribution in [0.1, 0.15) is 6.99 Å². The molecule has 0 bridgehead atoms. The molecule has 0 amide bonds. The fourth-order valence-corrected chi connectivity index (χ4v) is 1.42. The number of benzene rings is 1. The van der Waals surface area contributed by atoms with E-state index in [9.17, 15) is 0 Å². The Balaban J connectivity index is -0.000000280. The number of aryl methyl sites for hydroxylation is 1. The Hall–Kier alpha value is 0.592. The molecule has 1 aromatic rings. The van der Waals surface area contributed by atoms with Gasteiger partial charge in [0.1, 0.15) is 0 Å². The fraction of sp³-hybridized carbons (Fsp3) is 0.538. The van der Waals surface area contributed by atoms with Gasteiger partial charge in [0.15, 0.2) is 0 Å². The van der Waals surface area contributed by atoms with Crippen LogP contribution < -0.4 is 0 Å². The summed E-state index contributed by atoms with van der Waals surface area (Å²) in [7, 11) is 3.29. The van der Waals surface area contributed by atoms with Gasteiger partial charge in [0.2, 0.25) is 0 Å². The maximum atomic E-state index is 5.10. The Kier molecular flexibility index (Phi) is 21.4. The summed E-state index contributed by atoms with van der Waals surface area (Å²) in [5, 5.41) is 0. The van der Waals surface area contributed by atoms with Crippen molar-refractivity contribution in [3.63, 3.8) is 0 Å². The van der Waals surface area contributed by atoms with E-state index < -0.39 is 0 Å². The zero-order valence-electron chi connectivity index (χ0n) is 13.4. The second-order valence-electron chi connectivity index (χ2n) is 3.48. The van der Waals surface area contributed by atoms with Crippen molar-refractivity contribution in [3.8, 4) is 0 Å². The molecule has 0 fully saturated rings. The van der Waals surface area contributed by atoms with E-state index in [-0.39, 0.29) is 46.9 Å². The van der Waals surface area contributed by atoms with Crippen LogP contribution in [-0.2, 0) is 17.1 Å². The smallest absolute Gasteiger partial charge is 0 e. The van der Waals surface area contributed by atoms with Crippen LogP contribution in [0.25, 0.3) is 0 Å². The summed E-state index contributed by atoms with van der Waals surface area (Å²) < 4.78 is 19.8. The molecule has 1 aromatic carbocycles. The zero-order valence-corrected chi connectivity index (χ0v) is 15.6. The maximum Gasteiger partial charge on any atom is 0 e. The summed E-state index contributed by atoms with van der Waals surface area (Å²) in [4.78, 5) is 0. The molecule has 0 heterocycles. The molecule has 0 saturated carbocycles. The van der Waals surface area contributed by atoms with Crippen LogP contribution in [0.5, 0.6) is 0 Å². The van der Waals surface area contributed by atoms with Crippen molar-refractivity contribution in [3.05, 3.63) is 35.9 Å². The van der Waals surface area contributed by atoms with Gasteiger partial charge in [-0.2, -0.15) is 0 Å². The average molecular weight is 293 g/mol. The first kappa shape index (κ1) is 21.9. The number of hydrogen-bond donors (Lipinski definition) is 0. The summed E-state index contributed by atoms with van der Waals surface area (Å²) >= 11 is -0.349. The minimum Gasteiger partial charge on any atom is -1.00 e. The van der Waals surface area contributed by atoms with Gasteiger partial charge in [0, 0.05) is 29.6 Å². The van der Waals surface area contributed by atoms with E-state index in [1.54, 1.807) is 14.2 Å². The second kappa shape index (κ2) is 18.6. The van der Waals surface area contributed by atoms with Gasteiger partial charge < -0.3 is 1.43 Å². The molecule has 6 heteroatoms. The molecule has 0 N–H and O–H groups in total. The van der Waals surface area contributed by atoms with Crippen LogP contribution in [0.15, 0.2) is 30.3 Å². The first-order chi connectivity index (χ1) is 8.81. The van der Waals surface area contributed by atoms with E-state index in [4.69, 9.17) is 17.1 Å². The van der Waals surface area contributed by atoms with E-state index in [0.717, 1.165) is 0 Å². The second-order valence-corrected chi connectivity index (χ2v) is 4.34. The minimum atomic E-state index is -0.349. The van der Waals surface area contributed by atoms with Gasteiger partial charge in [-0.3, -0.25) is 0 Å². The van der Waals surface area contributed by atoms with E-state index >= 15 is 0 Å². The minimum absolute atomic E-state index is 0. The van der Waals surface area contributed by atoms with Crippen molar-refractivity contribution in [2.24, 2.45) is 0 Å². The quantitative estimate of drug-likeness (QED) is 0.538. The summed E-state index contributed by atoms with van der Waals surface area (Å²) in [5.41, 5.74) is 1.32. The standard InChI is InChI=1S/C7H8.2C3H7O2.Al.Na.H/c1-7-5-3-2-4-6-7;2*1-5-3-2-4;;;/h2-6H,1H3;2*2-3H2,1H3;;;/q;2*-1;+3;;-1. The molecule has 0 spiro atoms. The maximum absolute atomic E-state index is 5.10. The van der Waals surface area contributed by atoms with Crippen molar-refractivity contribution in [2.75, 3.05) is 40.6 Å². The average Bonchev–Trinajstić information content (AvgIpc) is 2.39. The molecule has 0 atom stereocenters. The predicted octanol–water partition coefficient (Wildman–Crippen LogP) is 1.57. The largest absolute Gasteiger partial charge is 1.00 e. The molecule has 0 aliphatic carbocycles. The Morgan fingerprint density at radius 3 is 1.68 bits per heavy atom. The Labute approximate surface area is 146 Å². The molecular weight excluding hydrogens is 270 g/mol. The monoisotopic (exact) mass is 293 g/mol. The summed E-state index contributed by atoms with van der Waals surface area (Å²) in [6, 6.07) is 10.3. The fourth-order valence-electron chi connectivity index (χ4n) is 0.942. The number of ether oxygens (including phenoxy) is 2. The molecule has 0 aliphatic heterocycles. The first-order valence-corrected chi connectivity index (χ1v) is 6.80. The molecule has 1 radical (unpaired) electrons. The summed E-state index contributed by atoms with van der Waals surface area (Å²) in [5.74, 6) is 0. The van der Waals surface area contributed by atoms with Crippen LogP contribution in [0.4, 0.5) is 0 Å². The topological polar surface area (TPSA) is 36.9 Å². The third-order valence-electron chi connectivity index (χ3n) is 1.89. The van der Waals surface area contributed by atoms with Crippen molar-refractivity contribution < 1.29 is 18.5 Å². The van der Waals surface area contributed by atoms with Crippen LogP contribution in [0.3, 0.4) is 0 Å². The van der Waals surface area contributed by atoms with Gasteiger partial charge in [0.25, 0.3) is 0 Å². The van der Waals surface area contributed by atoms with Crippen LogP contribution >= 0.6 is 0 Å². The molecule has 0 aromatic heterocycles. The van der Waals surface area contributed by atoms with Gasteiger partial charge in [0.05, 0.1) is 0 Å². The number of hydrogen-bond acceptors (Lipinski definition) is 4. The normalized spacial score (nSPS) is 8.79. The Morgan fingerprint density at radius 1 is 0.895 bits per heavy atom. The molecule has 4 nitrogen and oxygen atoms in total. The van der Waals surface area contributed by atoms with Crippen molar-refractivity contribution in [1.29, 1.82) is 0 Å². The van der Waals surface area contributed by atoms with Gasteiger partial charge in [-0.15, -0.1) is 0 Å². The van der Waals surface area contributed by atoms with Crippen molar-refractivity contribution in [2.45, 2.75) is 6.92 Å². The molecule has 0 saturated heterocycles. The SMILES string of the molecule is COCC[O][Al+][O]CCOC.Cc1ccccc1.[H-].[Na]. The third-order valence-corrected chi connectivity index (χ3v) is 2.63. The molecule has 103 valence electrons. The van der Waals surface area contributed by atoms with Gasteiger partial charge in [-0.1, -0.05) is 35.9 Å². The predicted molar refractivity (Wildman–Crippen MR) is 79.5 cm³/mol. The molecule has 1 rings (SSSR count). The van der Waals surface area contributed by atoms with Crippen LogP contribution in [-0.4, -0.2) is 86.1 Å². The zero-order chi connectivity index (χ0) is 13.5. The Morgan fingerprint density at radius 2 is 1.37 bits per heavy atom. The summed E-state index contributed by atoms with van der Waals surface area (Å²) in [6.45, 7) is 4.55. The number of methoxy groups -OCH3 is 2. The molecule has 19 heavy (non-hydrogen) atoms. The number of rotatable bonds is 8. The van der Waals surface area contributed by atoms with Gasteiger partial charge >= 0.3 is 73.6 Å². The van der Waals surface area contributed by atoms with E-state index in [2.05, 4.69) is 19.1 Å². The Bertz CT molecular complexity index is 260. The van der Waals surface area contributed by atoms with E-state index in [0.29, 0.717) is 26.4 Å². The molecule has 0 unspecified atom stereocenters. The summed E-state index contributed by atoms with van der Waals surface area (Å²) in [6.07, 6.45) is 0. The first-order valence-electron chi connectivity index (χ1n) is 5.85. The molecular formula is C13H23AlNaO4. The van der Waals surface area contributed by atoms with Crippen molar-refractivity contribution in [1.82, 2.24) is 0 Å².